The molecule has 1 saturated heterocycles. The predicted octanol–water partition coefficient (Wildman–Crippen LogP) is 4.19. The van der Waals surface area contributed by atoms with Gasteiger partial charge in [-0.25, -0.2) is 4.79 Å². The lowest BCUT2D eigenvalue weighted by Crippen LogP contribution is -2.39. The smallest absolute Gasteiger partial charge is 0.451 e. The van der Waals surface area contributed by atoms with Crippen LogP contribution in [0, 0.1) is 5.92 Å². The fourth-order valence-electron chi connectivity index (χ4n) is 5.05. The Kier molecular flexibility index (Phi) is 7.96. The van der Waals surface area contributed by atoms with E-state index in [1.165, 1.54) is 22.0 Å². The second kappa shape index (κ2) is 10.2. The van der Waals surface area contributed by atoms with Gasteiger partial charge in [-0.05, 0) is 88.0 Å². The van der Waals surface area contributed by atoms with Gasteiger partial charge in [0, 0.05) is 16.1 Å². The maximum atomic E-state index is 11.9. The van der Waals surface area contributed by atoms with Crippen molar-refractivity contribution < 1.29 is 19.9 Å². The van der Waals surface area contributed by atoms with Gasteiger partial charge in [-0.3, -0.25) is 4.90 Å². The topological polar surface area (TPSA) is 81.0 Å². The van der Waals surface area contributed by atoms with Gasteiger partial charge < -0.3 is 15.2 Å². The summed E-state index contributed by atoms with van der Waals surface area (Å²) in [7, 11) is -1.32. The van der Waals surface area contributed by atoms with Crippen molar-refractivity contribution in [1.82, 2.24) is 4.90 Å². The molecule has 1 fully saturated rings. The minimum atomic E-state index is -1.32. The molecule has 29 heavy (non-hydrogen) atoms. The number of rotatable bonds is 7. The Labute approximate surface area is 182 Å². The average Bonchev–Trinajstić information content (AvgIpc) is 2.68. The third kappa shape index (κ3) is 5.51. The van der Waals surface area contributed by atoms with E-state index < -0.39 is 13.1 Å². The van der Waals surface area contributed by atoms with Gasteiger partial charge in [-0.2, -0.15) is 0 Å². The number of aliphatic carboxylic acids is 1. The van der Waals surface area contributed by atoms with Crippen LogP contribution in [0.15, 0.2) is 33.8 Å². The molecule has 0 saturated carbocycles. The molecule has 2 aliphatic rings. The number of hydrogen-bond acceptors (Lipinski definition) is 4. The molecule has 1 aromatic carbocycles. The van der Waals surface area contributed by atoms with E-state index in [-0.39, 0.29) is 12.2 Å². The molecule has 0 radical (unpaired) electrons. The third-order valence-corrected chi connectivity index (χ3v) is 7.24. The lowest BCUT2D eigenvalue weighted by Gasteiger charge is -2.40. The Morgan fingerprint density at radius 3 is 2.62 bits per heavy atom. The number of hydrogen-bond donors (Lipinski definition) is 3. The number of fused-ring (bicyclic) bond motifs is 1. The molecular weight excluding hydrogens is 433 g/mol. The van der Waals surface area contributed by atoms with Crippen molar-refractivity contribution in [2.24, 2.45) is 5.92 Å². The van der Waals surface area contributed by atoms with Gasteiger partial charge in [-0.1, -0.05) is 40.1 Å². The second-order valence-corrected chi connectivity index (χ2v) is 9.25. The molecule has 7 heteroatoms. The van der Waals surface area contributed by atoms with Crippen molar-refractivity contribution in [3.8, 4) is 0 Å². The number of likely N-dealkylation sites (tertiary alicyclic amines) is 1. The summed E-state index contributed by atoms with van der Waals surface area (Å²) in [4.78, 5) is 14.5. The van der Waals surface area contributed by atoms with Gasteiger partial charge in [0.05, 0.1) is 0 Å². The van der Waals surface area contributed by atoms with Gasteiger partial charge in [0.25, 0.3) is 0 Å². The van der Waals surface area contributed by atoms with Crippen molar-refractivity contribution in [3.63, 3.8) is 0 Å². The molecule has 0 aromatic heterocycles. The first-order valence-corrected chi connectivity index (χ1v) is 11.5. The summed E-state index contributed by atoms with van der Waals surface area (Å²) in [5, 5.41) is 27.8. The van der Waals surface area contributed by atoms with E-state index in [9.17, 15) is 9.90 Å². The molecule has 5 nitrogen and oxygen atoms in total. The van der Waals surface area contributed by atoms with Crippen LogP contribution in [0.2, 0.25) is 6.32 Å². The highest BCUT2D eigenvalue weighted by atomic mass is 79.9. The quantitative estimate of drug-likeness (QED) is 0.417. The Morgan fingerprint density at radius 2 is 1.97 bits per heavy atom. The molecule has 1 aliphatic heterocycles. The maximum Gasteiger partial charge on any atom is 0.451 e. The average molecular weight is 464 g/mol. The molecule has 1 atom stereocenters. The summed E-state index contributed by atoms with van der Waals surface area (Å²) in [5.41, 5.74) is 4.28. The SMILES string of the molecule is C/C(CCCB(O)O)=C(\C(=O)O)C1CCN(C2CCCc3c(Br)cccc32)CC1. The van der Waals surface area contributed by atoms with Crippen LogP contribution in [0.5, 0.6) is 0 Å². The van der Waals surface area contributed by atoms with Crippen LogP contribution < -0.4 is 0 Å². The van der Waals surface area contributed by atoms with Crippen molar-refractivity contribution in [1.29, 1.82) is 0 Å². The molecule has 1 unspecified atom stereocenters. The number of carbonyl (C=O) groups is 1. The normalized spacial score (nSPS) is 21.4. The number of nitrogens with zero attached hydrogens (tertiary/aromatic N) is 1. The largest absolute Gasteiger partial charge is 0.478 e. The van der Waals surface area contributed by atoms with Crippen molar-refractivity contribution in [2.45, 2.75) is 64.2 Å². The van der Waals surface area contributed by atoms with Crippen LogP contribution in [0.3, 0.4) is 0 Å². The predicted molar refractivity (Wildman–Crippen MR) is 119 cm³/mol. The van der Waals surface area contributed by atoms with Crippen molar-refractivity contribution in [3.05, 3.63) is 44.9 Å². The molecule has 1 aromatic rings. The van der Waals surface area contributed by atoms with Crippen LogP contribution in [-0.4, -0.2) is 46.2 Å². The highest BCUT2D eigenvalue weighted by molar-refractivity contribution is 9.10. The second-order valence-electron chi connectivity index (χ2n) is 8.40. The zero-order valence-corrected chi connectivity index (χ0v) is 18.7. The summed E-state index contributed by atoms with van der Waals surface area (Å²) < 4.78 is 1.20. The van der Waals surface area contributed by atoms with Crippen LogP contribution in [0.25, 0.3) is 0 Å². The number of piperidine rings is 1. The molecule has 158 valence electrons. The molecule has 3 N–H and O–H groups in total. The minimum absolute atomic E-state index is 0.0772. The van der Waals surface area contributed by atoms with Gasteiger partial charge in [0.1, 0.15) is 0 Å². The molecule has 3 rings (SSSR count). The fraction of sp³-hybridized carbons (Fsp3) is 0.591. The first-order chi connectivity index (χ1) is 13.9. The molecule has 0 amide bonds. The number of carboxylic acids is 1. The summed E-state index contributed by atoms with van der Waals surface area (Å²) in [5.74, 6) is -0.745. The van der Waals surface area contributed by atoms with Crippen LogP contribution in [0.1, 0.15) is 62.6 Å². The number of carboxylic acid groups (broad SMARTS) is 1. The molecule has 0 spiro atoms. The van der Waals surface area contributed by atoms with Crippen molar-refractivity contribution in [2.75, 3.05) is 13.1 Å². The van der Waals surface area contributed by atoms with E-state index in [1.54, 1.807) is 0 Å². The molecule has 1 aliphatic carbocycles. The Balaban J connectivity index is 1.67. The molecule has 0 bridgehead atoms. The Morgan fingerprint density at radius 1 is 1.24 bits per heavy atom. The number of benzene rings is 1. The first-order valence-electron chi connectivity index (χ1n) is 10.7. The molecular formula is C22H31BBrNO4. The van der Waals surface area contributed by atoms with Gasteiger partial charge in [-0.15, -0.1) is 0 Å². The summed E-state index contributed by atoms with van der Waals surface area (Å²) in [6, 6.07) is 6.92. The van der Waals surface area contributed by atoms with Gasteiger partial charge >= 0.3 is 13.1 Å². The van der Waals surface area contributed by atoms with E-state index in [0.717, 1.165) is 44.3 Å². The van der Waals surface area contributed by atoms with Gasteiger partial charge in [0.15, 0.2) is 0 Å². The lowest BCUT2D eigenvalue weighted by atomic mass is 9.80. The first kappa shape index (κ1) is 22.5. The summed E-state index contributed by atoms with van der Waals surface area (Å²) in [6.45, 7) is 3.72. The van der Waals surface area contributed by atoms with E-state index in [4.69, 9.17) is 10.0 Å². The highest BCUT2D eigenvalue weighted by Crippen LogP contribution is 2.40. The van der Waals surface area contributed by atoms with Crippen LogP contribution >= 0.6 is 15.9 Å². The Bertz CT molecular complexity index is 759. The summed E-state index contributed by atoms with van der Waals surface area (Å²) >= 11 is 3.70. The van der Waals surface area contributed by atoms with E-state index >= 15 is 0 Å². The lowest BCUT2D eigenvalue weighted by molar-refractivity contribution is -0.133. The minimum Gasteiger partial charge on any atom is -0.478 e. The zero-order chi connectivity index (χ0) is 21.0. The standard InChI is InChI=1S/C22H31BBrNO4/c1-15(5-4-12-23(28)29)21(22(26)27)16-10-13-25(14-11-16)20-9-3-6-17-18(20)7-2-8-19(17)24/h2,7-8,16,20,28-29H,3-6,9-14H2,1H3,(H,26,27)/b21-15+. The summed E-state index contributed by atoms with van der Waals surface area (Å²) in [6.07, 6.45) is 6.67. The maximum absolute atomic E-state index is 11.9. The monoisotopic (exact) mass is 463 g/mol. The number of halogens is 1. The Hall–Kier alpha value is -1.15. The van der Waals surface area contributed by atoms with E-state index in [0.29, 0.717) is 24.5 Å². The van der Waals surface area contributed by atoms with E-state index in [2.05, 4.69) is 39.0 Å². The fourth-order valence-corrected chi connectivity index (χ4v) is 5.63. The zero-order valence-electron chi connectivity index (χ0n) is 17.1. The van der Waals surface area contributed by atoms with Crippen molar-refractivity contribution >= 4 is 29.0 Å². The van der Waals surface area contributed by atoms with Crippen LogP contribution in [-0.2, 0) is 11.2 Å². The number of allylic oxidation sites excluding steroid dienone is 1. The molecule has 1 heterocycles. The van der Waals surface area contributed by atoms with E-state index in [1.807, 2.05) is 6.92 Å². The highest BCUT2D eigenvalue weighted by Gasteiger charge is 2.33. The third-order valence-electron chi connectivity index (χ3n) is 6.50. The van der Waals surface area contributed by atoms with Crippen LogP contribution in [0.4, 0.5) is 0 Å². The van der Waals surface area contributed by atoms with Gasteiger partial charge in [0.2, 0.25) is 0 Å².